The summed E-state index contributed by atoms with van der Waals surface area (Å²) >= 11 is 4.02. The fraction of sp³-hybridized carbons (Fsp3) is 0.0833. The van der Waals surface area contributed by atoms with Crippen LogP contribution in [0, 0.1) is 0 Å². The Kier molecular flexibility index (Phi) is 3.01. The molecule has 0 spiro atoms. The minimum atomic E-state index is -0.545. The van der Waals surface area contributed by atoms with Crippen molar-refractivity contribution in [2.24, 2.45) is 5.73 Å². The van der Waals surface area contributed by atoms with Crippen LogP contribution < -0.4 is 5.73 Å². The van der Waals surface area contributed by atoms with Gasteiger partial charge in [-0.1, -0.05) is 55.3 Å². The van der Waals surface area contributed by atoms with Crippen LogP contribution in [0.5, 0.6) is 0 Å². The van der Waals surface area contributed by atoms with Crippen molar-refractivity contribution in [2.75, 3.05) is 0 Å². The first-order valence-corrected chi connectivity index (χ1v) is 5.31. The van der Waals surface area contributed by atoms with Crippen LogP contribution in [-0.4, -0.2) is 10.3 Å². The summed E-state index contributed by atoms with van der Waals surface area (Å²) in [5.74, 6) is 0. The molecular formula is C12H12N2OS. The van der Waals surface area contributed by atoms with E-state index in [0.29, 0.717) is 6.54 Å². The Morgan fingerprint density at radius 2 is 1.88 bits per heavy atom. The Morgan fingerprint density at radius 3 is 2.62 bits per heavy atom. The highest BCUT2D eigenvalue weighted by Crippen LogP contribution is 2.20. The van der Waals surface area contributed by atoms with Crippen molar-refractivity contribution in [3.63, 3.8) is 0 Å². The summed E-state index contributed by atoms with van der Waals surface area (Å²) in [6, 6.07) is 13.4. The Bertz CT molecular complexity index is 522. The van der Waals surface area contributed by atoms with E-state index in [1.807, 2.05) is 42.5 Å². The van der Waals surface area contributed by atoms with Gasteiger partial charge in [-0.2, -0.15) is 0 Å². The molecule has 0 aliphatic rings. The number of hydrogen-bond donors (Lipinski definition) is 2. The lowest BCUT2D eigenvalue weighted by atomic mass is 10.0. The predicted octanol–water partition coefficient (Wildman–Crippen LogP) is 2.57. The number of fused-ring (bicyclic) bond motifs is 1. The highest BCUT2D eigenvalue weighted by atomic mass is 32.1. The van der Waals surface area contributed by atoms with Crippen molar-refractivity contribution >= 4 is 29.6 Å². The van der Waals surface area contributed by atoms with E-state index in [1.54, 1.807) is 0 Å². The Hall–Kier alpha value is -1.68. The molecule has 2 amide bonds. The van der Waals surface area contributed by atoms with Crippen molar-refractivity contribution in [3.05, 3.63) is 48.0 Å². The zero-order valence-corrected chi connectivity index (χ0v) is 9.52. The Labute approximate surface area is 99.4 Å². The second-order valence-corrected chi connectivity index (χ2v) is 4.02. The van der Waals surface area contributed by atoms with Crippen LogP contribution in [0.4, 0.5) is 4.79 Å². The molecule has 2 aromatic rings. The summed E-state index contributed by atoms with van der Waals surface area (Å²) in [6.07, 6.45) is 0. The zero-order valence-electron chi connectivity index (χ0n) is 8.63. The Morgan fingerprint density at radius 1 is 1.19 bits per heavy atom. The van der Waals surface area contributed by atoms with Gasteiger partial charge in [0.2, 0.25) is 0 Å². The average Bonchev–Trinajstić information content (AvgIpc) is 2.29. The molecule has 0 fully saturated rings. The van der Waals surface area contributed by atoms with E-state index >= 15 is 0 Å². The highest BCUT2D eigenvalue weighted by Gasteiger charge is 2.07. The molecule has 2 rings (SSSR count). The molecule has 0 saturated carbocycles. The molecule has 0 aliphatic carbocycles. The molecule has 0 atom stereocenters. The lowest BCUT2D eigenvalue weighted by Gasteiger charge is -2.14. The smallest absolute Gasteiger partial charge is 0.324 e. The third kappa shape index (κ3) is 2.12. The average molecular weight is 232 g/mol. The third-order valence-electron chi connectivity index (χ3n) is 2.45. The van der Waals surface area contributed by atoms with Gasteiger partial charge in [0, 0.05) is 0 Å². The molecule has 16 heavy (non-hydrogen) atoms. The summed E-state index contributed by atoms with van der Waals surface area (Å²) < 4.78 is 1.20. The van der Waals surface area contributed by atoms with Crippen LogP contribution in [0.15, 0.2) is 42.5 Å². The van der Waals surface area contributed by atoms with Gasteiger partial charge in [0.25, 0.3) is 0 Å². The molecule has 2 N–H and O–H groups in total. The molecule has 0 radical (unpaired) electrons. The maximum atomic E-state index is 10.9. The van der Waals surface area contributed by atoms with Gasteiger partial charge in [-0.25, -0.2) is 4.79 Å². The summed E-state index contributed by atoms with van der Waals surface area (Å²) in [7, 11) is 0. The number of rotatable bonds is 2. The normalized spacial score (nSPS) is 10.3. The number of carbonyl (C=O) groups is 1. The number of thiol groups is 1. The van der Waals surface area contributed by atoms with Crippen LogP contribution in [0.1, 0.15) is 5.56 Å². The van der Waals surface area contributed by atoms with Gasteiger partial charge in [0.15, 0.2) is 0 Å². The van der Waals surface area contributed by atoms with Crippen molar-refractivity contribution < 1.29 is 4.79 Å². The van der Waals surface area contributed by atoms with Crippen molar-refractivity contribution in [1.29, 1.82) is 0 Å². The number of nitrogens with two attached hydrogens (primary N) is 1. The first-order valence-electron chi connectivity index (χ1n) is 4.91. The van der Waals surface area contributed by atoms with E-state index in [1.165, 1.54) is 4.31 Å². The van der Waals surface area contributed by atoms with Gasteiger partial charge < -0.3 is 5.73 Å². The molecule has 3 nitrogen and oxygen atoms in total. The van der Waals surface area contributed by atoms with Gasteiger partial charge >= 0.3 is 6.03 Å². The van der Waals surface area contributed by atoms with Gasteiger partial charge in [-0.05, 0) is 16.3 Å². The van der Waals surface area contributed by atoms with E-state index in [4.69, 9.17) is 5.73 Å². The maximum absolute atomic E-state index is 10.9. The topological polar surface area (TPSA) is 46.3 Å². The molecule has 0 bridgehead atoms. The summed E-state index contributed by atoms with van der Waals surface area (Å²) in [4.78, 5) is 10.9. The number of amides is 2. The molecule has 0 aromatic heterocycles. The van der Waals surface area contributed by atoms with Crippen LogP contribution in [0.3, 0.4) is 0 Å². The lowest BCUT2D eigenvalue weighted by Crippen LogP contribution is -2.27. The van der Waals surface area contributed by atoms with Crippen molar-refractivity contribution in [2.45, 2.75) is 6.54 Å². The number of benzene rings is 2. The van der Waals surface area contributed by atoms with Crippen molar-refractivity contribution in [1.82, 2.24) is 4.31 Å². The van der Waals surface area contributed by atoms with Crippen LogP contribution in [-0.2, 0) is 6.54 Å². The van der Waals surface area contributed by atoms with Crippen LogP contribution in [0.2, 0.25) is 0 Å². The number of primary amides is 1. The van der Waals surface area contributed by atoms with Crippen molar-refractivity contribution in [3.8, 4) is 0 Å². The second-order valence-electron chi connectivity index (χ2n) is 3.53. The summed E-state index contributed by atoms with van der Waals surface area (Å²) in [6.45, 7) is 0.403. The minimum absolute atomic E-state index is 0.403. The van der Waals surface area contributed by atoms with Gasteiger partial charge in [0.05, 0.1) is 6.54 Å². The zero-order chi connectivity index (χ0) is 11.5. The standard InChI is InChI=1S/C12H12N2OS/c13-12(15)14(16)8-10-6-3-5-9-4-1-2-7-11(9)10/h1-7,16H,8H2,(H2,13,15). The highest BCUT2D eigenvalue weighted by molar-refractivity contribution is 7.78. The first-order chi connectivity index (χ1) is 7.68. The second kappa shape index (κ2) is 4.45. The fourth-order valence-electron chi connectivity index (χ4n) is 1.67. The molecule has 4 heteroatoms. The number of hydrogen-bond acceptors (Lipinski definition) is 2. The fourth-order valence-corrected chi connectivity index (χ4v) is 1.82. The Balaban J connectivity index is 2.41. The SMILES string of the molecule is NC(=O)N(S)Cc1cccc2ccccc12. The third-order valence-corrected chi connectivity index (χ3v) is 2.79. The largest absolute Gasteiger partial charge is 0.351 e. The molecule has 82 valence electrons. The molecule has 0 saturated heterocycles. The number of urea groups is 1. The molecule has 0 unspecified atom stereocenters. The molecule has 0 aliphatic heterocycles. The summed E-state index contributed by atoms with van der Waals surface area (Å²) in [5, 5.41) is 2.26. The first kappa shape index (κ1) is 10.8. The van der Waals surface area contributed by atoms with Crippen LogP contribution in [0.25, 0.3) is 10.8 Å². The minimum Gasteiger partial charge on any atom is -0.351 e. The maximum Gasteiger partial charge on any atom is 0.324 e. The van der Waals surface area contributed by atoms with E-state index in [9.17, 15) is 4.79 Å². The quantitative estimate of drug-likeness (QED) is 0.768. The van der Waals surface area contributed by atoms with Crippen LogP contribution >= 0.6 is 12.8 Å². The summed E-state index contributed by atoms with van der Waals surface area (Å²) in [5.41, 5.74) is 6.17. The number of carbonyl (C=O) groups excluding carboxylic acids is 1. The predicted molar refractivity (Wildman–Crippen MR) is 68.1 cm³/mol. The van der Waals surface area contributed by atoms with E-state index in [-0.39, 0.29) is 0 Å². The molecular weight excluding hydrogens is 220 g/mol. The molecule has 2 aromatic carbocycles. The van der Waals surface area contributed by atoms with E-state index < -0.39 is 6.03 Å². The van der Waals surface area contributed by atoms with Gasteiger partial charge in [-0.3, -0.25) is 4.31 Å². The molecule has 0 heterocycles. The van der Waals surface area contributed by atoms with Gasteiger partial charge in [-0.15, -0.1) is 0 Å². The number of nitrogens with zero attached hydrogens (tertiary/aromatic N) is 1. The van der Waals surface area contributed by atoms with E-state index in [0.717, 1.165) is 16.3 Å². The van der Waals surface area contributed by atoms with E-state index in [2.05, 4.69) is 12.8 Å². The lowest BCUT2D eigenvalue weighted by molar-refractivity contribution is 0.234. The van der Waals surface area contributed by atoms with Gasteiger partial charge in [0.1, 0.15) is 0 Å². The monoisotopic (exact) mass is 232 g/mol.